The van der Waals surface area contributed by atoms with Gasteiger partial charge in [-0.3, -0.25) is 0 Å². The van der Waals surface area contributed by atoms with Gasteiger partial charge in [-0.2, -0.15) is 0 Å². The molecular formula is C14H19F2NO. The second kappa shape index (κ2) is 5.65. The van der Waals surface area contributed by atoms with E-state index in [1.165, 1.54) is 25.7 Å². The first-order chi connectivity index (χ1) is 8.63. The average molecular weight is 255 g/mol. The minimum Gasteiger partial charge on any atom is -0.497 e. The fourth-order valence-corrected chi connectivity index (χ4v) is 2.73. The maximum absolute atomic E-state index is 13.9. The molecular weight excluding hydrogens is 236 g/mol. The zero-order valence-electron chi connectivity index (χ0n) is 10.6. The second-order valence-electron chi connectivity index (χ2n) is 4.93. The van der Waals surface area contributed by atoms with Crippen molar-refractivity contribution in [1.29, 1.82) is 0 Å². The summed E-state index contributed by atoms with van der Waals surface area (Å²) in [6.07, 6.45) is 5.28. The largest absolute Gasteiger partial charge is 0.497 e. The lowest BCUT2D eigenvalue weighted by molar-refractivity contribution is 0.297. The van der Waals surface area contributed by atoms with Crippen LogP contribution in [0, 0.1) is 17.6 Å². The van der Waals surface area contributed by atoms with E-state index in [0.29, 0.717) is 0 Å². The van der Waals surface area contributed by atoms with Gasteiger partial charge >= 0.3 is 0 Å². The van der Waals surface area contributed by atoms with Gasteiger partial charge in [0.1, 0.15) is 17.4 Å². The Morgan fingerprint density at radius 2 is 1.72 bits per heavy atom. The smallest absolute Gasteiger partial charge is 0.134 e. The molecule has 0 aromatic heterocycles. The van der Waals surface area contributed by atoms with Crippen molar-refractivity contribution in [2.24, 2.45) is 11.7 Å². The number of benzene rings is 1. The Balaban J connectivity index is 2.26. The molecule has 0 heterocycles. The molecule has 18 heavy (non-hydrogen) atoms. The van der Waals surface area contributed by atoms with Crippen LogP contribution in [0.25, 0.3) is 0 Å². The van der Waals surface area contributed by atoms with Crippen LogP contribution in [0.1, 0.15) is 43.7 Å². The summed E-state index contributed by atoms with van der Waals surface area (Å²) in [5, 5.41) is 0. The third kappa shape index (κ3) is 2.64. The SMILES string of the molecule is COc1cc(F)c(C(N)C2CCCCC2)c(F)c1. The molecule has 1 fully saturated rings. The molecule has 2 nitrogen and oxygen atoms in total. The molecule has 1 aliphatic carbocycles. The van der Waals surface area contributed by atoms with Crippen LogP contribution in [-0.2, 0) is 0 Å². The first kappa shape index (κ1) is 13.3. The Kier molecular flexibility index (Phi) is 4.17. The number of nitrogens with two attached hydrogens (primary N) is 1. The molecule has 0 bridgehead atoms. The minimum atomic E-state index is -0.607. The molecule has 0 spiro atoms. The van der Waals surface area contributed by atoms with E-state index in [1.54, 1.807) is 0 Å². The van der Waals surface area contributed by atoms with E-state index in [-0.39, 0.29) is 17.2 Å². The Labute approximate surface area is 106 Å². The summed E-state index contributed by atoms with van der Waals surface area (Å²) < 4.78 is 32.6. The van der Waals surface area contributed by atoms with Crippen molar-refractivity contribution >= 4 is 0 Å². The molecule has 1 aromatic rings. The average Bonchev–Trinajstić information content (AvgIpc) is 2.38. The molecule has 1 atom stereocenters. The summed E-state index contributed by atoms with van der Waals surface area (Å²) in [6, 6.07) is 1.83. The molecule has 1 aromatic carbocycles. The van der Waals surface area contributed by atoms with Gasteiger partial charge in [-0.15, -0.1) is 0 Å². The molecule has 1 saturated carbocycles. The lowest BCUT2D eigenvalue weighted by Gasteiger charge is -2.28. The van der Waals surface area contributed by atoms with Crippen LogP contribution in [0.2, 0.25) is 0 Å². The normalized spacial score (nSPS) is 18.7. The van der Waals surface area contributed by atoms with Gasteiger partial charge in [0.2, 0.25) is 0 Å². The monoisotopic (exact) mass is 255 g/mol. The zero-order chi connectivity index (χ0) is 13.1. The first-order valence-electron chi connectivity index (χ1n) is 6.42. The Bertz CT molecular complexity index is 393. The molecule has 0 saturated heterocycles. The molecule has 2 rings (SSSR count). The third-order valence-electron chi connectivity index (χ3n) is 3.78. The predicted molar refractivity (Wildman–Crippen MR) is 66.4 cm³/mol. The molecule has 0 amide bonds. The number of ether oxygens (including phenoxy) is 1. The van der Waals surface area contributed by atoms with E-state index >= 15 is 0 Å². The van der Waals surface area contributed by atoms with Gasteiger partial charge in [-0.25, -0.2) is 8.78 Å². The Hall–Kier alpha value is -1.16. The lowest BCUT2D eigenvalue weighted by Crippen LogP contribution is -2.25. The summed E-state index contributed by atoms with van der Waals surface area (Å²) >= 11 is 0. The summed E-state index contributed by atoms with van der Waals surface area (Å²) in [5.74, 6) is -0.851. The highest BCUT2D eigenvalue weighted by Crippen LogP contribution is 2.35. The van der Waals surface area contributed by atoms with Gasteiger partial charge in [0.15, 0.2) is 0 Å². The van der Waals surface area contributed by atoms with Gasteiger partial charge in [-0.05, 0) is 18.8 Å². The van der Waals surface area contributed by atoms with Crippen LogP contribution in [-0.4, -0.2) is 7.11 Å². The first-order valence-corrected chi connectivity index (χ1v) is 6.42. The van der Waals surface area contributed by atoms with Gasteiger partial charge in [0.05, 0.1) is 7.11 Å². The van der Waals surface area contributed by atoms with Crippen molar-refractivity contribution in [2.75, 3.05) is 7.11 Å². The molecule has 1 aliphatic rings. The van der Waals surface area contributed by atoms with E-state index in [1.807, 2.05) is 0 Å². The van der Waals surface area contributed by atoms with Crippen LogP contribution in [0.15, 0.2) is 12.1 Å². The van der Waals surface area contributed by atoms with Crippen LogP contribution in [0.5, 0.6) is 5.75 Å². The quantitative estimate of drug-likeness (QED) is 0.896. The van der Waals surface area contributed by atoms with E-state index in [0.717, 1.165) is 25.7 Å². The highest BCUT2D eigenvalue weighted by atomic mass is 19.1. The molecule has 2 N–H and O–H groups in total. The zero-order valence-corrected chi connectivity index (χ0v) is 10.6. The summed E-state index contributed by atoms with van der Waals surface area (Å²) in [4.78, 5) is 0. The van der Waals surface area contributed by atoms with Gasteiger partial charge in [0.25, 0.3) is 0 Å². The van der Waals surface area contributed by atoms with E-state index < -0.39 is 17.7 Å². The minimum absolute atomic E-state index is 0.00250. The van der Waals surface area contributed by atoms with Gasteiger partial charge in [0, 0.05) is 23.7 Å². The number of halogens is 2. The van der Waals surface area contributed by atoms with Crippen molar-refractivity contribution in [3.63, 3.8) is 0 Å². The Morgan fingerprint density at radius 1 is 1.17 bits per heavy atom. The lowest BCUT2D eigenvalue weighted by atomic mass is 9.81. The molecule has 100 valence electrons. The maximum atomic E-state index is 13.9. The fraction of sp³-hybridized carbons (Fsp3) is 0.571. The van der Waals surface area contributed by atoms with E-state index in [2.05, 4.69) is 0 Å². The number of hydrogen-bond acceptors (Lipinski definition) is 2. The van der Waals surface area contributed by atoms with Crippen molar-refractivity contribution in [3.05, 3.63) is 29.3 Å². The van der Waals surface area contributed by atoms with Crippen molar-refractivity contribution < 1.29 is 13.5 Å². The standard InChI is InChI=1S/C14H19F2NO/c1-18-10-7-11(15)13(12(16)8-10)14(17)9-5-3-2-4-6-9/h7-9,14H,2-6,17H2,1H3. The van der Waals surface area contributed by atoms with Gasteiger partial charge < -0.3 is 10.5 Å². The molecule has 0 radical (unpaired) electrons. The van der Waals surface area contributed by atoms with E-state index in [9.17, 15) is 8.78 Å². The van der Waals surface area contributed by atoms with E-state index in [4.69, 9.17) is 10.5 Å². The topological polar surface area (TPSA) is 35.2 Å². The van der Waals surface area contributed by atoms with Crippen LogP contribution >= 0.6 is 0 Å². The molecule has 1 unspecified atom stereocenters. The van der Waals surface area contributed by atoms with Crippen molar-refractivity contribution in [2.45, 2.75) is 38.1 Å². The maximum Gasteiger partial charge on any atom is 0.134 e. The summed E-state index contributed by atoms with van der Waals surface area (Å²) in [5.41, 5.74) is 6.04. The second-order valence-corrected chi connectivity index (χ2v) is 4.93. The van der Waals surface area contributed by atoms with Crippen LogP contribution < -0.4 is 10.5 Å². The Morgan fingerprint density at radius 3 is 2.22 bits per heavy atom. The third-order valence-corrected chi connectivity index (χ3v) is 3.78. The van der Waals surface area contributed by atoms with Crippen molar-refractivity contribution in [3.8, 4) is 5.75 Å². The summed E-state index contributed by atoms with van der Waals surface area (Å²) in [6.45, 7) is 0. The van der Waals surface area contributed by atoms with Crippen molar-refractivity contribution in [1.82, 2.24) is 0 Å². The van der Waals surface area contributed by atoms with Crippen LogP contribution in [0.3, 0.4) is 0 Å². The molecule has 0 aliphatic heterocycles. The number of methoxy groups -OCH3 is 1. The van der Waals surface area contributed by atoms with Gasteiger partial charge in [-0.1, -0.05) is 19.3 Å². The predicted octanol–water partition coefficient (Wildman–Crippen LogP) is 3.55. The highest BCUT2D eigenvalue weighted by molar-refractivity contribution is 5.32. The highest BCUT2D eigenvalue weighted by Gasteiger charge is 2.27. The number of hydrogen-bond donors (Lipinski definition) is 1. The number of rotatable bonds is 3. The molecule has 4 heteroatoms. The van der Waals surface area contributed by atoms with Crippen LogP contribution in [0.4, 0.5) is 8.78 Å². The fourth-order valence-electron chi connectivity index (χ4n) is 2.73. The summed E-state index contributed by atoms with van der Waals surface area (Å²) in [7, 11) is 1.38.